The number of nitrogens with zero attached hydrogens (tertiary/aromatic N) is 4. The summed E-state index contributed by atoms with van der Waals surface area (Å²) in [5.74, 6) is 0. The van der Waals surface area contributed by atoms with E-state index in [-0.39, 0.29) is 11.7 Å². The Balaban J connectivity index is 1.91. The third-order valence-electron chi connectivity index (χ3n) is 1.72. The third kappa shape index (κ3) is 4.50. The minimum absolute atomic E-state index is 0.262. The van der Waals surface area contributed by atoms with Gasteiger partial charge in [0.25, 0.3) is 0 Å². The Morgan fingerprint density at radius 1 is 1.47 bits per heavy atom. The molecule has 19 heavy (non-hydrogen) atoms. The average molecular weight is 343 g/mol. The van der Waals surface area contributed by atoms with Crippen LogP contribution in [0.3, 0.4) is 0 Å². The predicted molar refractivity (Wildman–Crippen MR) is 72.3 cm³/mol. The maximum Gasteiger partial charge on any atom is 0.413 e. The summed E-state index contributed by atoms with van der Waals surface area (Å²) in [6, 6.07) is 0. The molecule has 0 aliphatic heterocycles. The molecule has 0 atom stereocenters. The van der Waals surface area contributed by atoms with Crippen molar-refractivity contribution in [1.29, 1.82) is 0 Å². The molecular formula is C8H6Cl3N5O2S. The topological polar surface area (TPSA) is 81.9 Å². The molecule has 0 spiro atoms. The van der Waals surface area contributed by atoms with Gasteiger partial charge in [-0.15, -0.1) is 10.2 Å². The Kier molecular flexibility index (Phi) is 4.46. The van der Waals surface area contributed by atoms with E-state index < -0.39 is 9.89 Å². The van der Waals surface area contributed by atoms with Crippen molar-refractivity contribution in [2.24, 2.45) is 0 Å². The summed E-state index contributed by atoms with van der Waals surface area (Å²) in [5, 5.41) is 10.8. The molecule has 2 aromatic rings. The van der Waals surface area contributed by atoms with Crippen molar-refractivity contribution in [2.75, 3.05) is 11.9 Å². The number of aromatic nitrogens is 4. The number of hydrogen-bond donors (Lipinski definition) is 1. The number of carbonyl (C=O) groups is 1. The first-order chi connectivity index (χ1) is 8.94. The molecule has 0 saturated carbocycles. The number of nitrogens with one attached hydrogen (secondary N) is 1. The highest BCUT2D eigenvalue weighted by Crippen LogP contribution is 2.26. The number of rotatable bonds is 3. The van der Waals surface area contributed by atoms with E-state index in [1.807, 2.05) is 0 Å². The minimum atomic E-state index is -1.65. The summed E-state index contributed by atoms with van der Waals surface area (Å²) in [7, 11) is 0. The van der Waals surface area contributed by atoms with Crippen LogP contribution >= 0.6 is 46.1 Å². The van der Waals surface area contributed by atoms with E-state index >= 15 is 0 Å². The maximum absolute atomic E-state index is 11.4. The van der Waals surface area contributed by atoms with E-state index in [1.54, 1.807) is 23.3 Å². The largest absolute Gasteiger partial charge is 0.445 e. The van der Waals surface area contributed by atoms with Crippen LogP contribution in [0.5, 0.6) is 0 Å². The molecule has 2 heterocycles. The monoisotopic (exact) mass is 341 g/mol. The molecule has 2 aromatic heterocycles. The fraction of sp³-hybridized carbons (Fsp3) is 0.250. The van der Waals surface area contributed by atoms with Gasteiger partial charge < -0.3 is 4.74 Å². The summed E-state index contributed by atoms with van der Waals surface area (Å²) in [6.45, 7) is -0.364. The molecule has 0 fully saturated rings. The Morgan fingerprint density at radius 2 is 2.26 bits per heavy atom. The lowest BCUT2D eigenvalue weighted by Crippen LogP contribution is -2.21. The van der Waals surface area contributed by atoms with Crippen molar-refractivity contribution in [1.82, 2.24) is 19.7 Å². The Bertz CT molecular complexity index is 553. The van der Waals surface area contributed by atoms with Gasteiger partial charge in [-0.2, -0.15) is 0 Å². The number of hydrogen-bond acceptors (Lipinski definition) is 6. The van der Waals surface area contributed by atoms with Crippen LogP contribution in [-0.2, 0) is 4.74 Å². The number of amides is 1. The van der Waals surface area contributed by atoms with Crippen LogP contribution in [-0.4, -0.2) is 36.2 Å². The first-order valence-corrected chi connectivity index (χ1v) is 6.71. The normalized spacial score (nSPS) is 11.3. The Hall–Kier alpha value is -1.09. The maximum atomic E-state index is 11.4. The SMILES string of the molecule is O=C(Nc1nnc(-n2ccnc2)s1)OCC(Cl)(Cl)Cl. The lowest BCUT2D eigenvalue weighted by Gasteiger charge is -2.10. The summed E-state index contributed by atoms with van der Waals surface area (Å²) in [5.41, 5.74) is 0. The molecule has 0 aromatic carbocycles. The van der Waals surface area contributed by atoms with Gasteiger partial charge in [0.05, 0.1) is 0 Å². The molecule has 0 saturated heterocycles. The smallest absolute Gasteiger partial charge is 0.413 e. The van der Waals surface area contributed by atoms with E-state index in [1.165, 1.54) is 0 Å². The lowest BCUT2D eigenvalue weighted by atomic mass is 10.8. The van der Waals surface area contributed by atoms with Crippen molar-refractivity contribution >= 4 is 57.4 Å². The molecular weight excluding hydrogens is 337 g/mol. The molecule has 2 rings (SSSR count). The van der Waals surface area contributed by atoms with Gasteiger partial charge in [-0.3, -0.25) is 9.88 Å². The molecule has 102 valence electrons. The van der Waals surface area contributed by atoms with Gasteiger partial charge in [0.2, 0.25) is 14.1 Å². The zero-order chi connectivity index (χ0) is 13.9. The molecule has 0 unspecified atom stereocenters. The van der Waals surface area contributed by atoms with Crippen molar-refractivity contribution < 1.29 is 9.53 Å². The number of imidazole rings is 1. The second-order valence-electron chi connectivity index (χ2n) is 3.18. The van der Waals surface area contributed by atoms with E-state index in [0.29, 0.717) is 5.13 Å². The molecule has 0 bridgehead atoms. The van der Waals surface area contributed by atoms with E-state index in [2.05, 4.69) is 25.2 Å². The standard InChI is InChI=1S/C8H6Cl3N5O2S/c9-8(10,11)3-18-7(17)13-5-14-15-6(19-5)16-2-1-12-4-16/h1-2,4H,3H2,(H,13,14,17). The summed E-state index contributed by atoms with van der Waals surface area (Å²) < 4.78 is 4.68. The summed E-state index contributed by atoms with van der Waals surface area (Å²) in [4.78, 5) is 15.2. The van der Waals surface area contributed by atoms with Gasteiger partial charge in [-0.1, -0.05) is 46.1 Å². The summed E-state index contributed by atoms with van der Waals surface area (Å²) in [6.07, 6.45) is 4.08. The molecule has 0 radical (unpaired) electrons. The molecule has 7 nitrogen and oxygen atoms in total. The van der Waals surface area contributed by atoms with Crippen molar-refractivity contribution in [3.8, 4) is 5.13 Å². The number of alkyl halides is 3. The first-order valence-electron chi connectivity index (χ1n) is 4.76. The van der Waals surface area contributed by atoms with E-state index in [9.17, 15) is 4.79 Å². The highest BCUT2D eigenvalue weighted by atomic mass is 35.6. The van der Waals surface area contributed by atoms with Gasteiger partial charge >= 0.3 is 6.09 Å². The van der Waals surface area contributed by atoms with Crippen molar-refractivity contribution in [3.63, 3.8) is 0 Å². The van der Waals surface area contributed by atoms with E-state index in [0.717, 1.165) is 11.3 Å². The molecule has 0 aliphatic rings. The van der Waals surface area contributed by atoms with E-state index in [4.69, 9.17) is 34.8 Å². The van der Waals surface area contributed by atoms with Crippen LogP contribution < -0.4 is 5.32 Å². The fourth-order valence-electron chi connectivity index (χ4n) is 1.01. The lowest BCUT2D eigenvalue weighted by molar-refractivity contribution is 0.164. The van der Waals surface area contributed by atoms with Crippen LogP contribution in [0.25, 0.3) is 5.13 Å². The average Bonchev–Trinajstić information content (AvgIpc) is 2.94. The minimum Gasteiger partial charge on any atom is -0.445 e. The van der Waals surface area contributed by atoms with Crippen LogP contribution in [0.2, 0.25) is 0 Å². The number of halogens is 3. The van der Waals surface area contributed by atoms with Gasteiger partial charge in [-0.05, 0) is 0 Å². The first kappa shape index (κ1) is 14.3. The molecule has 1 N–H and O–H groups in total. The molecule has 11 heteroatoms. The second kappa shape index (κ2) is 5.91. The third-order valence-corrected chi connectivity index (χ3v) is 2.89. The van der Waals surface area contributed by atoms with Gasteiger partial charge in [0.15, 0.2) is 0 Å². The highest BCUT2D eigenvalue weighted by Gasteiger charge is 2.22. The molecule has 0 aliphatic carbocycles. The Labute approximate surface area is 126 Å². The van der Waals surface area contributed by atoms with Crippen LogP contribution in [0.4, 0.5) is 9.93 Å². The highest BCUT2D eigenvalue weighted by molar-refractivity contribution is 7.17. The van der Waals surface area contributed by atoms with Crippen LogP contribution in [0, 0.1) is 0 Å². The second-order valence-corrected chi connectivity index (χ2v) is 6.65. The zero-order valence-corrected chi connectivity index (χ0v) is 12.2. The zero-order valence-electron chi connectivity index (χ0n) is 9.09. The molecule has 1 amide bonds. The van der Waals surface area contributed by atoms with Gasteiger partial charge in [0.1, 0.15) is 12.9 Å². The predicted octanol–water partition coefficient (Wildman–Crippen LogP) is 2.64. The van der Waals surface area contributed by atoms with Gasteiger partial charge in [0, 0.05) is 12.4 Å². The Morgan fingerprint density at radius 3 is 2.89 bits per heavy atom. The van der Waals surface area contributed by atoms with Crippen LogP contribution in [0.15, 0.2) is 18.7 Å². The fourth-order valence-corrected chi connectivity index (χ4v) is 1.86. The number of anilines is 1. The van der Waals surface area contributed by atoms with Crippen molar-refractivity contribution in [2.45, 2.75) is 3.79 Å². The van der Waals surface area contributed by atoms with Gasteiger partial charge in [-0.25, -0.2) is 9.78 Å². The van der Waals surface area contributed by atoms with Crippen LogP contribution in [0.1, 0.15) is 0 Å². The number of ether oxygens (including phenoxy) is 1. The quantitative estimate of drug-likeness (QED) is 0.867. The summed E-state index contributed by atoms with van der Waals surface area (Å²) >= 11 is 17.5. The number of carbonyl (C=O) groups excluding carboxylic acids is 1. The van der Waals surface area contributed by atoms with Crippen molar-refractivity contribution in [3.05, 3.63) is 18.7 Å².